The van der Waals surface area contributed by atoms with Crippen molar-refractivity contribution >= 4 is 5.78 Å². The van der Waals surface area contributed by atoms with E-state index in [-0.39, 0.29) is 29.3 Å². The molecule has 5 nitrogen and oxygen atoms in total. The zero-order valence-corrected chi connectivity index (χ0v) is 23.3. The van der Waals surface area contributed by atoms with Gasteiger partial charge in [0.05, 0.1) is 24.4 Å². The van der Waals surface area contributed by atoms with Gasteiger partial charge in [-0.2, -0.15) is 0 Å². The molecule has 4 rings (SSSR count). The fourth-order valence-corrected chi connectivity index (χ4v) is 7.47. The van der Waals surface area contributed by atoms with Crippen LogP contribution in [-0.2, 0) is 14.3 Å². The van der Waals surface area contributed by atoms with Crippen molar-refractivity contribution < 1.29 is 24.1 Å². The maximum absolute atomic E-state index is 12.8. The molecule has 1 heterocycles. The van der Waals surface area contributed by atoms with E-state index >= 15 is 0 Å². The number of hydrogen-bond donors (Lipinski definition) is 1. The maximum Gasteiger partial charge on any atom is 0.185 e. The number of ether oxygens (including phenoxy) is 3. The van der Waals surface area contributed by atoms with Gasteiger partial charge in [-0.3, -0.25) is 4.79 Å². The standard InChI is InChI=1S/C31H48O5/c1-29(2,33)19-7-9-21(24-16-17-25-26(32)10-8-20-31(24,25)5)13-18-27-30(3,4)36-28(35-27)22-11-14-23(34-6)15-12-22/h11-12,14-15,21,24-25,27-28,33H,7-10,13,16-20H2,1-6H3/t21-,24+,25?,27?,28?,31+/m0/s1. The summed E-state index contributed by atoms with van der Waals surface area (Å²) < 4.78 is 18.2. The van der Waals surface area contributed by atoms with Crippen LogP contribution >= 0.6 is 0 Å². The zero-order valence-electron chi connectivity index (χ0n) is 23.3. The minimum atomic E-state index is -0.635. The molecule has 6 atom stereocenters. The van der Waals surface area contributed by atoms with Gasteiger partial charge in [0.1, 0.15) is 11.5 Å². The number of Topliss-reactive ketones (excluding diaryl/α,β-unsaturated/α-hetero) is 1. The summed E-state index contributed by atoms with van der Waals surface area (Å²) in [6, 6.07) is 7.93. The van der Waals surface area contributed by atoms with Gasteiger partial charge >= 0.3 is 0 Å². The van der Waals surface area contributed by atoms with Crippen molar-refractivity contribution in [3.8, 4) is 5.75 Å². The first-order chi connectivity index (χ1) is 16.9. The maximum atomic E-state index is 12.8. The molecule has 3 fully saturated rings. The molecule has 0 spiro atoms. The zero-order chi connectivity index (χ0) is 26.1. The van der Waals surface area contributed by atoms with Gasteiger partial charge < -0.3 is 19.3 Å². The van der Waals surface area contributed by atoms with Crippen LogP contribution in [0.15, 0.2) is 24.3 Å². The normalized spacial score (nSPS) is 32.9. The van der Waals surface area contributed by atoms with E-state index in [0.717, 1.165) is 69.1 Å². The van der Waals surface area contributed by atoms with Crippen molar-refractivity contribution in [1.82, 2.24) is 0 Å². The fraction of sp³-hybridized carbons (Fsp3) is 0.774. The quantitative estimate of drug-likeness (QED) is 0.374. The molecule has 36 heavy (non-hydrogen) atoms. The Hall–Kier alpha value is -1.43. The van der Waals surface area contributed by atoms with Crippen LogP contribution in [0.3, 0.4) is 0 Å². The largest absolute Gasteiger partial charge is 0.497 e. The summed E-state index contributed by atoms with van der Waals surface area (Å²) in [5.41, 5.74) is 0.136. The van der Waals surface area contributed by atoms with Crippen molar-refractivity contribution in [2.24, 2.45) is 23.2 Å². The molecule has 1 aliphatic heterocycles. The van der Waals surface area contributed by atoms with Gasteiger partial charge in [-0.25, -0.2) is 0 Å². The van der Waals surface area contributed by atoms with Crippen LogP contribution in [0.25, 0.3) is 0 Å². The van der Waals surface area contributed by atoms with E-state index in [2.05, 4.69) is 20.8 Å². The van der Waals surface area contributed by atoms with Gasteiger partial charge in [-0.1, -0.05) is 31.9 Å². The predicted molar refractivity (Wildman–Crippen MR) is 142 cm³/mol. The lowest BCUT2D eigenvalue weighted by atomic mass is 9.61. The number of fused-ring (bicyclic) bond motifs is 1. The monoisotopic (exact) mass is 500 g/mol. The van der Waals surface area contributed by atoms with Crippen molar-refractivity contribution in [2.75, 3.05) is 7.11 Å². The highest BCUT2D eigenvalue weighted by molar-refractivity contribution is 5.83. The van der Waals surface area contributed by atoms with Gasteiger partial charge in [0.25, 0.3) is 0 Å². The minimum absolute atomic E-state index is 0.0133. The molecular formula is C31H48O5. The van der Waals surface area contributed by atoms with E-state index in [1.807, 2.05) is 38.1 Å². The topological polar surface area (TPSA) is 65.0 Å². The van der Waals surface area contributed by atoms with Gasteiger partial charge in [-0.05, 0) is 102 Å². The van der Waals surface area contributed by atoms with E-state index in [0.29, 0.717) is 17.6 Å². The molecule has 1 N–H and O–H groups in total. The molecule has 5 heteroatoms. The molecule has 3 unspecified atom stereocenters. The molecule has 0 bridgehead atoms. The van der Waals surface area contributed by atoms with E-state index in [1.165, 1.54) is 6.42 Å². The first kappa shape index (κ1) is 27.6. The summed E-state index contributed by atoms with van der Waals surface area (Å²) in [5.74, 6) is 2.67. The highest BCUT2D eigenvalue weighted by atomic mass is 16.7. The third-order valence-electron chi connectivity index (χ3n) is 9.53. The van der Waals surface area contributed by atoms with Gasteiger partial charge in [0.15, 0.2) is 6.29 Å². The van der Waals surface area contributed by atoms with Gasteiger partial charge in [0, 0.05) is 17.9 Å². The second-order valence-corrected chi connectivity index (χ2v) is 13.1. The highest BCUT2D eigenvalue weighted by Crippen LogP contribution is 2.58. The van der Waals surface area contributed by atoms with Crippen molar-refractivity contribution in [3.63, 3.8) is 0 Å². The van der Waals surface area contributed by atoms with Crippen LogP contribution in [0.4, 0.5) is 0 Å². The SMILES string of the molecule is COc1ccc(C2OC(CC[C@H](CCCC(C)(C)O)[C@H]3CCC4C(=O)CCC[C@@]43C)C(C)(C)O2)cc1. The lowest BCUT2D eigenvalue weighted by Crippen LogP contribution is -2.40. The molecule has 1 saturated heterocycles. The average molecular weight is 501 g/mol. The second-order valence-electron chi connectivity index (χ2n) is 13.1. The third-order valence-corrected chi connectivity index (χ3v) is 9.53. The Bertz CT molecular complexity index is 885. The van der Waals surface area contributed by atoms with E-state index in [9.17, 15) is 9.90 Å². The van der Waals surface area contributed by atoms with E-state index in [4.69, 9.17) is 14.2 Å². The lowest BCUT2D eigenvalue weighted by Gasteiger charge is -2.43. The van der Waals surface area contributed by atoms with Crippen LogP contribution in [-0.4, -0.2) is 35.3 Å². The Morgan fingerprint density at radius 1 is 1.14 bits per heavy atom. The molecule has 0 aromatic heterocycles. The van der Waals surface area contributed by atoms with Crippen LogP contribution in [0.5, 0.6) is 5.75 Å². The summed E-state index contributed by atoms with van der Waals surface area (Å²) in [4.78, 5) is 12.8. The lowest BCUT2D eigenvalue weighted by molar-refractivity contribution is -0.130. The number of carbonyl (C=O) groups excluding carboxylic acids is 1. The molecule has 2 saturated carbocycles. The number of aliphatic hydroxyl groups is 1. The van der Waals surface area contributed by atoms with Crippen LogP contribution in [0.1, 0.15) is 111 Å². The fourth-order valence-electron chi connectivity index (χ4n) is 7.47. The molecule has 0 radical (unpaired) electrons. The Morgan fingerprint density at radius 2 is 1.86 bits per heavy atom. The van der Waals surface area contributed by atoms with E-state index in [1.54, 1.807) is 7.11 Å². The molecule has 2 aliphatic carbocycles. The molecule has 1 aromatic carbocycles. The van der Waals surface area contributed by atoms with Crippen molar-refractivity contribution in [2.45, 2.75) is 122 Å². The molecular weight excluding hydrogens is 452 g/mol. The Kier molecular flexibility index (Phi) is 8.24. The summed E-state index contributed by atoms with van der Waals surface area (Å²) >= 11 is 0. The van der Waals surface area contributed by atoms with Gasteiger partial charge in [-0.15, -0.1) is 0 Å². The highest BCUT2D eigenvalue weighted by Gasteiger charge is 2.53. The summed E-state index contributed by atoms with van der Waals surface area (Å²) in [5, 5.41) is 10.3. The summed E-state index contributed by atoms with van der Waals surface area (Å²) in [6.45, 7) is 10.5. The third kappa shape index (κ3) is 6.00. The van der Waals surface area contributed by atoms with Crippen LogP contribution in [0.2, 0.25) is 0 Å². The van der Waals surface area contributed by atoms with Crippen LogP contribution < -0.4 is 4.74 Å². The van der Waals surface area contributed by atoms with Crippen molar-refractivity contribution in [3.05, 3.63) is 29.8 Å². The number of rotatable bonds is 10. The molecule has 3 aliphatic rings. The Labute approximate surface area is 218 Å². The summed E-state index contributed by atoms with van der Waals surface area (Å²) in [7, 11) is 1.67. The average Bonchev–Trinajstić information content (AvgIpc) is 3.32. The number of hydrogen-bond acceptors (Lipinski definition) is 5. The first-order valence-corrected chi connectivity index (χ1v) is 14.2. The number of ketones is 1. The predicted octanol–water partition coefficient (Wildman–Crippen LogP) is 7.01. The Balaban J connectivity index is 1.45. The number of methoxy groups -OCH3 is 1. The smallest absolute Gasteiger partial charge is 0.185 e. The molecule has 1 aromatic rings. The van der Waals surface area contributed by atoms with Gasteiger partial charge in [0.2, 0.25) is 0 Å². The molecule has 202 valence electrons. The van der Waals surface area contributed by atoms with E-state index < -0.39 is 5.60 Å². The molecule has 0 amide bonds. The van der Waals surface area contributed by atoms with Crippen LogP contribution in [0, 0.1) is 23.2 Å². The Morgan fingerprint density at radius 3 is 2.53 bits per heavy atom. The summed E-state index contributed by atoms with van der Waals surface area (Å²) in [6.07, 6.45) is 9.76. The number of carbonyl (C=O) groups is 1. The van der Waals surface area contributed by atoms with Crippen molar-refractivity contribution in [1.29, 1.82) is 0 Å². The first-order valence-electron chi connectivity index (χ1n) is 14.2. The minimum Gasteiger partial charge on any atom is -0.497 e. The second kappa shape index (κ2) is 10.7. The number of benzene rings is 1.